The molecule has 0 atom stereocenters. The molecule has 1 fully saturated rings. The number of amides is 2. The lowest BCUT2D eigenvalue weighted by Gasteiger charge is -2.30. The Hall–Kier alpha value is -1.40. The highest BCUT2D eigenvalue weighted by atomic mass is 16.5. The van der Waals surface area contributed by atoms with Crippen LogP contribution in [0.5, 0.6) is 0 Å². The van der Waals surface area contributed by atoms with Crippen LogP contribution in [0, 0.1) is 5.92 Å². The topological polar surface area (TPSA) is 84.7 Å². The molecule has 1 aliphatic heterocycles. The Balaban J connectivity index is 2.23. The van der Waals surface area contributed by atoms with Crippen LogP contribution in [0.15, 0.2) is 12.7 Å². The van der Waals surface area contributed by atoms with Gasteiger partial charge in [0.15, 0.2) is 0 Å². The first-order chi connectivity index (χ1) is 8.69. The Morgan fingerprint density at radius 2 is 2.11 bits per heavy atom. The van der Waals surface area contributed by atoms with E-state index in [0.717, 1.165) is 6.42 Å². The molecule has 1 saturated heterocycles. The summed E-state index contributed by atoms with van der Waals surface area (Å²) >= 11 is 0. The molecule has 1 rings (SSSR count). The number of nitrogens with two attached hydrogens (primary N) is 1. The van der Waals surface area contributed by atoms with Crippen molar-refractivity contribution in [3.63, 3.8) is 0 Å². The van der Waals surface area contributed by atoms with E-state index < -0.39 is 0 Å². The van der Waals surface area contributed by atoms with Crippen molar-refractivity contribution in [2.24, 2.45) is 11.8 Å². The minimum absolute atomic E-state index is 0.0225. The molecule has 102 valence electrons. The smallest absolute Gasteiger partial charge is 0.248 e. The third kappa shape index (κ3) is 4.46. The fraction of sp³-hybridized carbons (Fsp3) is 0.667. The molecule has 3 N–H and O–H groups in total. The van der Waals surface area contributed by atoms with Crippen LogP contribution in [0.1, 0.15) is 19.3 Å². The Kier molecular flexibility index (Phi) is 6.38. The number of hydrogen-bond acceptors (Lipinski definition) is 4. The fourth-order valence-corrected chi connectivity index (χ4v) is 1.93. The zero-order valence-corrected chi connectivity index (χ0v) is 10.6. The average molecular weight is 255 g/mol. The second kappa shape index (κ2) is 7.84. The normalized spacial score (nSPS) is 16.4. The van der Waals surface area contributed by atoms with Crippen molar-refractivity contribution < 1.29 is 14.3 Å². The number of nitrogens with zero attached hydrogens (tertiary/aromatic N) is 1. The molecule has 6 nitrogen and oxygen atoms in total. The van der Waals surface area contributed by atoms with Gasteiger partial charge >= 0.3 is 0 Å². The maximum atomic E-state index is 11.8. The van der Waals surface area contributed by atoms with Gasteiger partial charge in [-0.1, -0.05) is 6.08 Å². The molecule has 0 unspecified atom stereocenters. The molecule has 0 aromatic carbocycles. The van der Waals surface area contributed by atoms with Gasteiger partial charge in [-0.3, -0.25) is 15.0 Å². The van der Waals surface area contributed by atoms with Crippen LogP contribution in [0.4, 0.5) is 0 Å². The highest BCUT2D eigenvalue weighted by Gasteiger charge is 2.26. The van der Waals surface area contributed by atoms with E-state index in [1.807, 2.05) is 0 Å². The van der Waals surface area contributed by atoms with Gasteiger partial charge in [0.25, 0.3) is 0 Å². The van der Waals surface area contributed by atoms with Gasteiger partial charge in [0, 0.05) is 19.0 Å². The minimum Gasteiger partial charge on any atom is -0.371 e. The molecule has 0 saturated carbocycles. The van der Waals surface area contributed by atoms with E-state index >= 15 is 0 Å². The lowest BCUT2D eigenvalue weighted by atomic mass is 9.96. The van der Waals surface area contributed by atoms with Gasteiger partial charge < -0.3 is 9.64 Å². The van der Waals surface area contributed by atoms with Crippen molar-refractivity contribution in [2.45, 2.75) is 19.3 Å². The van der Waals surface area contributed by atoms with Crippen LogP contribution in [-0.4, -0.2) is 43.0 Å². The summed E-state index contributed by atoms with van der Waals surface area (Å²) in [5, 5.41) is 0. The Morgan fingerprint density at radius 3 is 2.67 bits per heavy atom. The number of hydrazine groups is 1. The highest BCUT2D eigenvalue weighted by molar-refractivity contribution is 5.80. The largest absolute Gasteiger partial charge is 0.371 e. The summed E-state index contributed by atoms with van der Waals surface area (Å²) in [6, 6.07) is 0. The van der Waals surface area contributed by atoms with Gasteiger partial charge in [0.05, 0.1) is 6.61 Å². The summed E-state index contributed by atoms with van der Waals surface area (Å²) < 4.78 is 5.22. The van der Waals surface area contributed by atoms with Gasteiger partial charge in [-0.25, -0.2) is 5.84 Å². The number of nitrogens with one attached hydrogen (secondary N) is 1. The average Bonchev–Trinajstić information content (AvgIpc) is 2.42. The van der Waals surface area contributed by atoms with E-state index in [4.69, 9.17) is 10.6 Å². The molecule has 0 spiro atoms. The molecule has 0 radical (unpaired) electrons. The first-order valence-corrected chi connectivity index (χ1v) is 6.16. The third-order valence-corrected chi connectivity index (χ3v) is 3.05. The summed E-state index contributed by atoms with van der Waals surface area (Å²) in [6.07, 6.45) is 3.80. The van der Waals surface area contributed by atoms with E-state index in [0.29, 0.717) is 32.5 Å². The molecule has 0 aromatic heterocycles. The molecule has 0 bridgehead atoms. The predicted octanol–water partition coefficient (Wildman–Crippen LogP) is -0.192. The van der Waals surface area contributed by atoms with Crippen LogP contribution in [0.2, 0.25) is 0 Å². The van der Waals surface area contributed by atoms with Gasteiger partial charge in [-0.15, -0.1) is 6.58 Å². The standard InChI is InChI=1S/C12H21N3O3/c1-2-3-8-18-9-11(16)15-6-4-10(5-7-15)12(17)14-13/h2,10H,1,3-9,13H2,(H,14,17). The lowest BCUT2D eigenvalue weighted by molar-refractivity contribution is -0.139. The summed E-state index contributed by atoms with van der Waals surface area (Å²) in [7, 11) is 0. The highest BCUT2D eigenvalue weighted by Crippen LogP contribution is 2.17. The van der Waals surface area contributed by atoms with Gasteiger partial charge in [0.2, 0.25) is 11.8 Å². The maximum absolute atomic E-state index is 11.8. The molecular weight excluding hydrogens is 234 g/mol. The lowest BCUT2D eigenvalue weighted by Crippen LogP contribution is -2.45. The summed E-state index contributed by atoms with van der Waals surface area (Å²) in [6.45, 7) is 5.36. The molecule has 2 amide bonds. The number of hydrogen-bond donors (Lipinski definition) is 2. The van der Waals surface area contributed by atoms with Gasteiger partial charge in [-0.05, 0) is 19.3 Å². The molecule has 18 heavy (non-hydrogen) atoms. The second-order valence-corrected chi connectivity index (χ2v) is 4.29. The van der Waals surface area contributed by atoms with Crippen molar-refractivity contribution in [1.29, 1.82) is 0 Å². The van der Waals surface area contributed by atoms with Crippen molar-refractivity contribution in [2.75, 3.05) is 26.3 Å². The zero-order valence-electron chi connectivity index (χ0n) is 10.6. The minimum atomic E-state index is -0.149. The van der Waals surface area contributed by atoms with E-state index in [1.54, 1.807) is 11.0 Å². The number of likely N-dealkylation sites (tertiary alicyclic amines) is 1. The van der Waals surface area contributed by atoms with E-state index in [9.17, 15) is 9.59 Å². The van der Waals surface area contributed by atoms with Crippen LogP contribution in [0.3, 0.4) is 0 Å². The quantitative estimate of drug-likeness (QED) is 0.226. The summed E-state index contributed by atoms with van der Waals surface area (Å²) in [5.41, 5.74) is 2.15. The molecule has 6 heteroatoms. The fourth-order valence-electron chi connectivity index (χ4n) is 1.93. The van der Waals surface area contributed by atoms with Crippen LogP contribution in [-0.2, 0) is 14.3 Å². The third-order valence-electron chi connectivity index (χ3n) is 3.05. The Bertz CT molecular complexity index is 299. The molecular formula is C12H21N3O3. The monoisotopic (exact) mass is 255 g/mol. The maximum Gasteiger partial charge on any atom is 0.248 e. The van der Waals surface area contributed by atoms with Crippen molar-refractivity contribution in [1.82, 2.24) is 10.3 Å². The molecule has 0 aromatic rings. The number of ether oxygens (including phenoxy) is 1. The molecule has 1 aliphatic rings. The first-order valence-electron chi connectivity index (χ1n) is 6.16. The van der Waals surface area contributed by atoms with Crippen LogP contribution < -0.4 is 11.3 Å². The van der Waals surface area contributed by atoms with Crippen LogP contribution in [0.25, 0.3) is 0 Å². The number of rotatable bonds is 6. The van der Waals surface area contributed by atoms with Crippen molar-refractivity contribution in [3.8, 4) is 0 Å². The van der Waals surface area contributed by atoms with E-state index in [-0.39, 0.29) is 24.3 Å². The predicted molar refractivity (Wildman–Crippen MR) is 67.3 cm³/mol. The van der Waals surface area contributed by atoms with Crippen molar-refractivity contribution in [3.05, 3.63) is 12.7 Å². The van der Waals surface area contributed by atoms with Gasteiger partial charge in [0.1, 0.15) is 6.61 Å². The number of carbonyl (C=O) groups is 2. The zero-order chi connectivity index (χ0) is 13.4. The van der Waals surface area contributed by atoms with E-state index in [1.165, 1.54) is 0 Å². The number of carbonyl (C=O) groups excluding carboxylic acids is 2. The second-order valence-electron chi connectivity index (χ2n) is 4.29. The van der Waals surface area contributed by atoms with Gasteiger partial charge in [-0.2, -0.15) is 0 Å². The van der Waals surface area contributed by atoms with Crippen molar-refractivity contribution >= 4 is 11.8 Å². The van der Waals surface area contributed by atoms with Crippen LogP contribution >= 0.6 is 0 Å². The Morgan fingerprint density at radius 1 is 1.44 bits per heavy atom. The Labute approximate surface area is 107 Å². The molecule has 0 aliphatic carbocycles. The SMILES string of the molecule is C=CCCOCC(=O)N1CCC(C(=O)NN)CC1. The first kappa shape index (κ1) is 14.7. The summed E-state index contributed by atoms with van der Waals surface area (Å²) in [5.74, 6) is 4.83. The molecule has 1 heterocycles. The summed E-state index contributed by atoms with van der Waals surface area (Å²) in [4.78, 5) is 24.8. The number of piperidine rings is 1. The van der Waals surface area contributed by atoms with E-state index in [2.05, 4.69) is 12.0 Å².